The van der Waals surface area contributed by atoms with Crippen LogP contribution in [-0.4, -0.2) is 69.8 Å². The second-order valence-corrected chi connectivity index (χ2v) is 7.79. The number of ether oxygens (including phenoxy) is 2. The smallest absolute Gasteiger partial charge is 0.193 e. The Morgan fingerprint density at radius 3 is 2.34 bits per heavy atom. The van der Waals surface area contributed by atoms with Crippen molar-refractivity contribution in [3.8, 4) is 11.5 Å². The molecule has 1 aromatic carbocycles. The molecule has 164 valence electrons. The topological polar surface area (TPSA) is 49.3 Å². The Morgan fingerprint density at radius 2 is 1.76 bits per heavy atom. The number of aliphatic imine (C=N–C) groups is 1. The van der Waals surface area contributed by atoms with Gasteiger partial charge in [0.15, 0.2) is 17.5 Å². The van der Waals surface area contributed by atoms with Gasteiger partial charge in [-0.05, 0) is 74.5 Å². The number of nitrogens with one attached hydrogen (secondary N) is 1. The molecule has 2 aliphatic rings. The van der Waals surface area contributed by atoms with Crippen LogP contribution < -0.4 is 14.8 Å². The van der Waals surface area contributed by atoms with Crippen LogP contribution in [0.4, 0.5) is 0 Å². The van der Waals surface area contributed by atoms with E-state index in [0.29, 0.717) is 0 Å². The minimum Gasteiger partial charge on any atom is -0.493 e. The van der Waals surface area contributed by atoms with Gasteiger partial charge in [-0.25, -0.2) is 0 Å². The number of rotatable bonds is 6. The van der Waals surface area contributed by atoms with E-state index in [-0.39, 0.29) is 24.0 Å². The van der Waals surface area contributed by atoms with Crippen molar-refractivity contribution in [2.45, 2.75) is 39.2 Å². The molecular weight excluding hydrogens is 479 g/mol. The summed E-state index contributed by atoms with van der Waals surface area (Å²) in [7, 11) is 5.26. The van der Waals surface area contributed by atoms with Crippen molar-refractivity contribution in [1.82, 2.24) is 15.1 Å². The average Bonchev–Trinajstić information content (AvgIpc) is 2.75. The number of methoxy groups -OCH3 is 2. The van der Waals surface area contributed by atoms with Crippen molar-refractivity contribution in [3.05, 3.63) is 23.3 Å². The van der Waals surface area contributed by atoms with Crippen LogP contribution in [0.3, 0.4) is 0 Å². The minimum absolute atomic E-state index is 0. The van der Waals surface area contributed by atoms with Crippen molar-refractivity contribution >= 4 is 29.9 Å². The summed E-state index contributed by atoms with van der Waals surface area (Å²) in [6, 6.07) is 4.22. The molecule has 0 bridgehead atoms. The number of fused-ring (bicyclic) bond motifs is 1. The molecule has 0 spiro atoms. The molecule has 2 heterocycles. The molecule has 0 amide bonds. The van der Waals surface area contributed by atoms with E-state index in [1.165, 1.54) is 50.0 Å². The molecule has 1 aromatic rings. The van der Waals surface area contributed by atoms with Crippen molar-refractivity contribution in [1.29, 1.82) is 0 Å². The number of hydrogen-bond acceptors (Lipinski definition) is 4. The molecule has 0 unspecified atom stereocenters. The number of halogens is 1. The SMILES string of the molecule is CCN1CCC(CCNC(=NC)N2CCc3cc(OC)c(OC)cc3C2)CC1.I. The van der Waals surface area contributed by atoms with Crippen LogP contribution in [0, 0.1) is 5.92 Å². The maximum absolute atomic E-state index is 5.48. The van der Waals surface area contributed by atoms with Crippen LogP contribution in [0.15, 0.2) is 17.1 Å². The molecule has 3 rings (SSSR count). The van der Waals surface area contributed by atoms with Gasteiger partial charge in [-0.15, -0.1) is 24.0 Å². The Kier molecular flexibility index (Phi) is 9.82. The third kappa shape index (κ3) is 6.13. The summed E-state index contributed by atoms with van der Waals surface area (Å²) in [6.45, 7) is 8.77. The van der Waals surface area contributed by atoms with Gasteiger partial charge in [0.2, 0.25) is 0 Å². The van der Waals surface area contributed by atoms with E-state index in [2.05, 4.69) is 39.2 Å². The van der Waals surface area contributed by atoms with Crippen molar-refractivity contribution in [2.75, 3.05) is 54.0 Å². The predicted octanol–water partition coefficient (Wildman–Crippen LogP) is 3.38. The second kappa shape index (κ2) is 11.8. The third-order valence-corrected chi connectivity index (χ3v) is 6.22. The molecule has 6 nitrogen and oxygen atoms in total. The molecule has 0 aromatic heterocycles. The lowest BCUT2D eigenvalue weighted by atomic mass is 9.93. The predicted molar refractivity (Wildman–Crippen MR) is 130 cm³/mol. The molecule has 1 saturated heterocycles. The maximum atomic E-state index is 5.48. The number of piperidine rings is 1. The molecule has 0 saturated carbocycles. The van der Waals surface area contributed by atoms with Gasteiger partial charge in [-0.1, -0.05) is 6.92 Å². The number of hydrogen-bond donors (Lipinski definition) is 1. The fourth-order valence-electron chi connectivity index (χ4n) is 4.38. The normalized spacial score (nSPS) is 18.1. The average molecular weight is 516 g/mol. The van der Waals surface area contributed by atoms with Gasteiger partial charge in [0.05, 0.1) is 14.2 Å². The van der Waals surface area contributed by atoms with Crippen molar-refractivity contribution in [3.63, 3.8) is 0 Å². The Balaban J connectivity index is 0.00000300. The first kappa shape index (κ1) is 24.1. The standard InChI is InChI=1S/C22H36N4O2.HI/c1-5-25-11-7-17(8-12-25)6-10-24-22(23-2)26-13-9-18-14-20(27-3)21(28-4)15-19(18)16-26;/h14-15,17H,5-13,16H2,1-4H3,(H,23,24);1H. The zero-order valence-electron chi connectivity index (χ0n) is 18.4. The summed E-state index contributed by atoms with van der Waals surface area (Å²) < 4.78 is 10.9. The van der Waals surface area contributed by atoms with Gasteiger partial charge in [-0.2, -0.15) is 0 Å². The number of benzene rings is 1. The Morgan fingerprint density at radius 1 is 1.10 bits per heavy atom. The van der Waals surface area contributed by atoms with Gasteiger partial charge >= 0.3 is 0 Å². The molecule has 29 heavy (non-hydrogen) atoms. The highest BCUT2D eigenvalue weighted by Crippen LogP contribution is 2.33. The Bertz CT molecular complexity index is 675. The lowest BCUT2D eigenvalue weighted by molar-refractivity contribution is 0.187. The first-order valence-electron chi connectivity index (χ1n) is 10.6. The second-order valence-electron chi connectivity index (χ2n) is 7.79. The summed E-state index contributed by atoms with van der Waals surface area (Å²) in [5, 5.41) is 3.60. The quantitative estimate of drug-likeness (QED) is 0.357. The Hall–Kier alpha value is -1.22. The first-order chi connectivity index (χ1) is 13.7. The third-order valence-electron chi connectivity index (χ3n) is 6.22. The largest absolute Gasteiger partial charge is 0.493 e. The van der Waals surface area contributed by atoms with E-state index < -0.39 is 0 Å². The lowest BCUT2D eigenvalue weighted by Crippen LogP contribution is -2.44. The summed E-state index contributed by atoms with van der Waals surface area (Å²) in [5.74, 6) is 3.45. The van der Waals surface area contributed by atoms with Gasteiger partial charge in [0, 0.05) is 26.7 Å². The highest BCUT2D eigenvalue weighted by Gasteiger charge is 2.22. The fourth-order valence-corrected chi connectivity index (χ4v) is 4.38. The van der Waals surface area contributed by atoms with Gasteiger partial charge in [-0.3, -0.25) is 4.99 Å². The monoisotopic (exact) mass is 516 g/mol. The van der Waals surface area contributed by atoms with Crippen LogP contribution in [-0.2, 0) is 13.0 Å². The molecule has 1 N–H and O–H groups in total. The summed E-state index contributed by atoms with van der Waals surface area (Å²) in [4.78, 5) is 9.43. The van der Waals surface area contributed by atoms with Crippen molar-refractivity contribution < 1.29 is 9.47 Å². The molecule has 7 heteroatoms. The highest BCUT2D eigenvalue weighted by atomic mass is 127. The van der Waals surface area contributed by atoms with Crippen LogP contribution in [0.25, 0.3) is 0 Å². The summed E-state index contributed by atoms with van der Waals surface area (Å²) in [6.07, 6.45) is 4.87. The molecule has 0 atom stereocenters. The zero-order valence-corrected chi connectivity index (χ0v) is 20.7. The molecule has 0 aliphatic carbocycles. The van der Waals surface area contributed by atoms with Gasteiger partial charge in [0.1, 0.15) is 0 Å². The Labute approximate surface area is 193 Å². The van der Waals surface area contributed by atoms with E-state index in [1.54, 1.807) is 14.2 Å². The van der Waals surface area contributed by atoms with E-state index in [4.69, 9.17) is 9.47 Å². The molecule has 0 radical (unpaired) electrons. The van der Waals surface area contributed by atoms with Gasteiger partial charge < -0.3 is 24.6 Å². The maximum Gasteiger partial charge on any atom is 0.193 e. The first-order valence-corrected chi connectivity index (χ1v) is 10.6. The zero-order chi connectivity index (χ0) is 19.9. The molecular formula is C22H37IN4O2. The van der Waals surface area contributed by atoms with E-state index in [1.807, 2.05) is 7.05 Å². The number of likely N-dealkylation sites (tertiary alicyclic amines) is 1. The molecule has 2 aliphatic heterocycles. The van der Waals surface area contributed by atoms with Crippen LogP contribution in [0.5, 0.6) is 11.5 Å². The van der Waals surface area contributed by atoms with E-state index >= 15 is 0 Å². The van der Waals surface area contributed by atoms with Crippen LogP contribution in [0.1, 0.15) is 37.3 Å². The lowest BCUT2D eigenvalue weighted by Gasteiger charge is -2.33. The summed E-state index contributed by atoms with van der Waals surface area (Å²) in [5.41, 5.74) is 2.63. The van der Waals surface area contributed by atoms with Crippen LogP contribution in [0.2, 0.25) is 0 Å². The fraction of sp³-hybridized carbons (Fsp3) is 0.682. The van der Waals surface area contributed by atoms with E-state index in [0.717, 1.165) is 49.4 Å². The molecule has 1 fully saturated rings. The van der Waals surface area contributed by atoms with Gasteiger partial charge in [0.25, 0.3) is 0 Å². The summed E-state index contributed by atoms with van der Waals surface area (Å²) >= 11 is 0. The minimum atomic E-state index is 0. The number of guanidine groups is 1. The highest BCUT2D eigenvalue weighted by molar-refractivity contribution is 14.0. The van der Waals surface area contributed by atoms with Crippen LogP contribution >= 0.6 is 24.0 Å². The van der Waals surface area contributed by atoms with Crippen molar-refractivity contribution in [2.24, 2.45) is 10.9 Å². The van der Waals surface area contributed by atoms with E-state index in [9.17, 15) is 0 Å². The number of nitrogens with zero attached hydrogens (tertiary/aromatic N) is 3.